The summed E-state index contributed by atoms with van der Waals surface area (Å²) in [5, 5.41) is 3.25. The van der Waals surface area contributed by atoms with Crippen LogP contribution < -0.4 is 10.1 Å². The van der Waals surface area contributed by atoms with E-state index in [4.69, 9.17) is 4.74 Å². The molecule has 0 spiro atoms. The van der Waals surface area contributed by atoms with Gasteiger partial charge in [0.25, 0.3) is 5.91 Å². The third-order valence-electron chi connectivity index (χ3n) is 4.81. The summed E-state index contributed by atoms with van der Waals surface area (Å²) in [6.07, 6.45) is 4.76. The number of fused-ring (bicyclic) bond motifs is 1. The summed E-state index contributed by atoms with van der Waals surface area (Å²) in [6.45, 7) is 4.35. The molecule has 2 heterocycles. The minimum Gasteiger partial charge on any atom is -0.496 e. The van der Waals surface area contributed by atoms with Gasteiger partial charge in [-0.25, -0.2) is 0 Å². The number of hydrogen-bond acceptors (Lipinski definition) is 3. The van der Waals surface area contributed by atoms with Crippen molar-refractivity contribution in [1.29, 1.82) is 0 Å². The zero-order valence-corrected chi connectivity index (χ0v) is 12.9. The van der Waals surface area contributed by atoms with Gasteiger partial charge in [0.05, 0.1) is 7.11 Å². The molecule has 1 aromatic carbocycles. The molecule has 1 N–H and O–H groups in total. The first-order valence-corrected chi connectivity index (χ1v) is 7.88. The summed E-state index contributed by atoms with van der Waals surface area (Å²) in [7, 11) is 1.65. The number of nitrogens with zero attached hydrogens (tertiary/aromatic N) is 1. The molecule has 0 saturated carbocycles. The molecule has 2 aliphatic heterocycles. The summed E-state index contributed by atoms with van der Waals surface area (Å²) in [6, 6.07) is 6.46. The summed E-state index contributed by atoms with van der Waals surface area (Å²) in [4.78, 5) is 15.0. The van der Waals surface area contributed by atoms with Gasteiger partial charge in [-0.15, -0.1) is 0 Å². The van der Waals surface area contributed by atoms with Gasteiger partial charge in [-0.1, -0.05) is 0 Å². The van der Waals surface area contributed by atoms with Crippen LogP contribution in [0.2, 0.25) is 0 Å². The first kappa shape index (κ1) is 14.4. The van der Waals surface area contributed by atoms with Crippen molar-refractivity contribution in [3.8, 4) is 5.75 Å². The van der Waals surface area contributed by atoms with E-state index in [1.165, 1.54) is 32.4 Å². The molecule has 2 aliphatic rings. The molecule has 3 rings (SSSR count). The zero-order valence-electron chi connectivity index (χ0n) is 12.9. The average Bonchev–Trinajstić information content (AvgIpc) is 2.96. The quantitative estimate of drug-likeness (QED) is 0.928. The van der Waals surface area contributed by atoms with Gasteiger partial charge >= 0.3 is 0 Å². The Balaban J connectivity index is 1.69. The molecule has 0 aromatic heterocycles. The van der Waals surface area contributed by atoms with Crippen LogP contribution in [0.3, 0.4) is 0 Å². The van der Waals surface area contributed by atoms with Gasteiger partial charge in [-0.2, -0.15) is 0 Å². The predicted octanol–water partition coefficient (Wildman–Crippen LogP) is 2.36. The Morgan fingerprint density at radius 1 is 1.29 bits per heavy atom. The molecule has 4 nitrogen and oxygen atoms in total. The van der Waals surface area contributed by atoms with E-state index in [0.29, 0.717) is 12.1 Å². The number of piperidine rings is 1. The number of hydrogen-bond donors (Lipinski definition) is 1. The number of methoxy groups -OCH3 is 1. The second kappa shape index (κ2) is 6.06. The van der Waals surface area contributed by atoms with Gasteiger partial charge in [0.15, 0.2) is 0 Å². The van der Waals surface area contributed by atoms with Crippen LogP contribution in [0.4, 0.5) is 0 Å². The lowest BCUT2D eigenvalue weighted by Crippen LogP contribution is -2.52. The van der Waals surface area contributed by atoms with Crippen molar-refractivity contribution in [2.75, 3.05) is 20.2 Å². The monoisotopic (exact) mass is 288 g/mol. The van der Waals surface area contributed by atoms with Gasteiger partial charge in [0.1, 0.15) is 5.75 Å². The fraction of sp³-hybridized carbons (Fsp3) is 0.588. The molecule has 1 aromatic rings. The number of rotatable bonds is 3. The Morgan fingerprint density at radius 2 is 2.05 bits per heavy atom. The minimum atomic E-state index is 0.0412. The van der Waals surface area contributed by atoms with E-state index in [1.807, 2.05) is 25.1 Å². The van der Waals surface area contributed by atoms with Crippen LogP contribution >= 0.6 is 0 Å². The Morgan fingerprint density at radius 3 is 2.76 bits per heavy atom. The molecule has 2 saturated heterocycles. The molecule has 21 heavy (non-hydrogen) atoms. The van der Waals surface area contributed by atoms with Crippen molar-refractivity contribution >= 4 is 5.91 Å². The SMILES string of the molecule is COc1ccc(C(=O)N[C@H]2CCCN3CCC[C@@H]23)cc1C. The van der Waals surface area contributed by atoms with Crippen molar-refractivity contribution in [3.63, 3.8) is 0 Å². The maximum Gasteiger partial charge on any atom is 0.251 e. The van der Waals surface area contributed by atoms with Crippen LogP contribution in [-0.2, 0) is 0 Å². The van der Waals surface area contributed by atoms with E-state index in [9.17, 15) is 4.79 Å². The minimum absolute atomic E-state index is 0.0412. The molecule has 0 unspecified atom stereocenters. The normalized spacial score (nSPS) is 25.4. The number of carbonyl (C=O) groups is 1. The van der Waals surface area contributed by atoms with Crippen molar-refractivity contribution in [2.24, 2.45) is 0 Å². The predicted molar refractivity (Wildman–Crippen MR) is 82.8 cm³/mol. The Labute approximate surface area is 126 Å². The van der Waals surface area contributed by atoms with E-state index < -0.39 is 0 Å². The van der Waals surface area contributed by atoms with E-state index in [1.54, 1.807) is 7.11 Å². The molecule has 1 amide bonds. The number of nitrogens with one attached hydrogen (secondary N) is 1. The van der Waals surface area contributed by atoms with Gasteiger partial charge in [-0.3, -0.25) is 9.69 Å². The fourth-order valence-electron chi connectivity index (χ4n) is 3.73. The lowest BCUT2D eigenvalue weighted by molar-refractivity contribution is 0.0868. The fourth-order valence-corrected chi connectivity index (χ4v) is 3.73. The molecule has 0 radical (unpaired) electrons. The van der Waals surface area contributed by atoms with Crippen LogP contribution in [0.5, 0.6) is 5.75 Å². The maximum atomic E-state index is 12.5. The first-order valence-electron chi connectivity index (χ1n) is 7.88. The number of carbonyl (C=O) groups excluding carboxylic acids is 1. The molecule has 2 fully saturated rings. The van der Waals surface area contributed by atoms with E-state index in [-0.39, 0.29) is 5.91 Å². The maximum absolute atomic E-state index is 12.5. The second-order valence-electron chi connectivity index (χ2n) is 6.15. The molecule has 2 atom stereocenters. The van der Waals surface area contributed by atoms with Gasteiger partial charge in [0.2, 0.25) is 0 Å². The van der Waals surface area contributed by atoms with Gasteiger partial charge < -0.3 is 10.1 Å². The Kier molecular flexibility index (Phi) is 4.15. The molecular formula is C17H24N2O2. The van der Waals surface area contributed by atoms with Crippen LogP contribution in [0, 0.1) is 6.92 Å². The number of benzene rings is 1. The standard InChI is InChI=1S/C17H24N2O2/c1-12-11-13(7-8-16(12)21-2)17(20)18-14-5-3-9-19-10-4-6-15(14)19/h7-8,11,14-15H,3-6,9-10H2,1-2H3,(H,18,20)/t14-,15-/m0/s1. The lowest BCUT2D eigenvalue weighted by atomic mass is 9.96. The summed E-state index contributed by atoms with van der Waals surface area (Å²) < 4.78 is 5.25. The highest BCUT2D eigenvalue weighted by Crippen LogP contribution is 2.27. The van der Waals surface area contributed by atoms with Crippen LogP contribution in [0.1, 0.15) is 41.6 Å². The van der Waals surface area contributed by atoms with Crippen molar-refractivity contribution in [3.05, 3.63) is 29.3 Å². The highest BCUT2D eigenvalue weighted by Gasteiger charge is 2.35. The highest BCUT2D eigenvalue weighted by atomic mass is 16.5. The second-order valence-corrected chi connectivity index (χ2v) is 6.15. The van der Waals surface area contributed by atoms with E-state index in [2.05, 4.69) is 10.2 Å². The summed E-state index contributed by atoms with van der Waals surface area (Å²) in [5.74, 6) is 0.866. The topological polar surface area (TPSA) is 41.6 Å². The highest BCUT2D eigenvalue weighted by molar-refractivity contribution is 5.94. The third kappa shape index (κ3) is 2.91. The largest absolute Gasteiger partial charge is 0.496 e. The van der Waals surface area contributed by atoms with Crippen LogP contribution in [0.15, 0.2) is 18.2 Å². The van der Waals surface area contributed by atoms with Crippen LogP contribution in [0.25, 0.3) is 0 Å². The number of aryl methyl sites for hydroxylation is 1. The van der Waals surface area contributed by atoms with Crippen molar-refractivity contribution < 1.29 is 9.53 Å². The number of ether oxygens (including phenoxy) is 1. The Hall–Kier alpha value is -1.55. The van der Waals surface area contributed by atoms with Gasteiger partial charge in [-0.05, 0) is 69.5 Å². The molecular weight excluding hydrogens is 264 g/mol. The third-order valence-corrected chi connectivity index (χ3v) is 4.81. The molecule has 114 valence electrons. The van der Waals surface area contributed by atoms with Gasteiger partial charge in [0, 0.05) is 17.6 Å². The summed E-state index contributed by atoms with van der Waals surface area (Å²) in [5.41, 5.74) is 1.72. The van der Waals surface area contributed by atoms with Crippen molar-refractivity contribution in [1.82, 2.24) is 10.2 Å². The molecule has 0 bridgehead atoms. The average molecular weight is 288 g/mol. The zero-order chi connectivity index (χ0) is 14.8. The Bertz CT molecular complexity index is 530. The van der Waals surface area contributed by atoms with Crippen molar-refractivity contribution in [2.45, 2.75) is 44.7 Å². The number of amides is 1. The van der Waals surface area contributed by atoms with E-state index in [0.717, 1.165) is 23.3 Å². The first-order chi connectivity index (χ1) is 10.2. The molecule has 0 aliphatic carbocycles. The van der Waals surface area contributed by atoms with E-state index >= 15 is 0 Å². The smallest absolute Gasteiger partial charge is 0.251 e. The van der Waals surface area contributed by atoms with Crippen LogP contribution in [-0.4, -0.2) is 43.1 Å². The summed E-state index contributed by atoms with van der Waals surface area (Å²) >= 11 is 0. The lowest BCUT2D eigenvalue weighted by Gasteiger charge is -2.37. The molecule has 4 heteroatoms.